The summed E-state index contributed by atoms with van der Waals surface area (Å²) in [5, 5.41) is 12.3. The summed E-state index contributed by atoms with van der Waals surface area (Å²) in [5.74, 6) is 0.933. The van der Waals surface area contributed by atoms with Crippen molar-refractivity contribution in [3.63, 3.8) is 0 Å². The number of aliphatic hydroxyl groups excluding tert-OH is 1. The van der Waals surface area contributed by atoms with Crippen LogP contribution >= 0.6 is 22.6 Å². The summed E-state index contributed by atoms with van der Waals surface area (Å²) >= 11 is 2.14. The van der Waals surface area contributed by atoms with Crippen LogP contribution in [0.15, 0.2) is 16.5 Å². The topological polar surface area (TPSA) is 45.4 Å². The van der Waals surface area contributed by atoms with Crippen LogP contribution in [0.3, 0.4) is 0 Å². The van der Waals surface area contributed by atoms with Crippen molar-refractivity contribution in [3.05, 3.63) is 21.7 Å². The summed E-state index contributed by atoms with van der Waals surface area (Å²) < 4.78 is 6.30. The molecule has 0 aliphatic rings. The van der Waals surface area contributed by atoms with E-state index in [0.717, 1.165) is 16.1 Å². The minimum atomic E-state index is -0.0697. The monoisotopic (exact) mass is 309 g/mol. The van der Waals surface area contributed by atoms with Crippen molar-refractivity contribution in [2.45, 2.75) is 20.4 Å². The van der Waals surface area contributed by atoms with Gasteiger partial charge in [0, 0.05) is 18.6 Å². The van der Waals surface area contributed by atoms with Gasteiger partial charge in [-0.1, -0.05) is 13.8 Å². The van der Waals surface area contributed by atoms with Gasteiger partial charge >= 0.3 is 0 Å². The Kier molecular flexibility index (Phi) is 4.40. The second-order valence-corrected chi connectivity index (χ2v) is 5.19. The lowest BCUT2D eigenvalue weighted by Crippen LogP contribution is -2.31. The van der Waals surface area contributed by atoms with Crippen LogP contribution in [0.2, 0.25) is 0 Å². The van der Waals surface area contributed by atoms with E-state index in [-0.39, 0.29) is 12.0 Å². The van der Waals surface area contributed by atoms with Crippen molar-refractivity contribution in [3.8, 4) is 0 Å². The minimum Gasteiger partial charge on any atom is -0.454 e. The SMILES string of the molecule is CC(C)(CO)CNCc1ccc(I)o1. The Morgan fingerprint density at radius 1 is 1.50 bits per heavy atom. The highest BCUT2D eigenvalue weighted by molar-refractivity contribution is 14.1. The molecule has 1 aromatic rings. The molecule has 2 N–H and O–H groups in total. The van der Waals surface area contributed by atoms with Crippen LogP contribution in [0.4, 0.5) is 0 Å². The van der Waals surface area contributed by atoms with Crippen molar-refractivity contribution >= 4 is 22.6 Å². The van der Waals surface area contributed by atoms with E-state index in [2.05, 4.69) is 27.9 Å². The van der Waals surface area contributed by atoms with Gasteiger partial charge in [0.1, 0.15) is 5.76 Å². The molecule has 0 saturated carbocycles. The van der Waals surface area contributed by atoms with Gasteiger partial charge in [0.25, 0.3) is 0 Å². The average Bonchev–Trinajstić information content (AvgIpc) is 2.51. The minimum absolute atomic E-state index is 0.0697. The molecule has 0 aliphatic heterocycles. The van der Waals surface area contributed by atoms with Gasteiger partial charge in [-0.25, -0.2) is 0 Å². The van der Waals surface area contributed by atoms with Gasteiger partial charge in [-0.3, -0.25) is 0 Å². The quantitative estimate of drug-likeness (QED) is 0.818. The fraction of sp³-hybridized carbons (Fsp3) is 0.600. The normalized spacial score (nSPS) is 12.0. The van der Waals surface area contributed by atoms with Gasteiger partial charge in [-0.2, -0.15) is 0 Å². The summed E-state index contributed by atoms with van der Waals surface area (Å²) in [6.45, 7) is 5.72. The summed E-state index contributed by atoms with van der Waals surface area (Å²) in [4.78, 5) is 0. The van der Waals surface area contributed by atoms with Gasteiger partial charge < -0.3 is 14.8 Å². The molecule has 0 unspecified atom stereocenters. The molecule has 0 amide bonds. The number of rotatable bonds is 5. The van der Waals surface area contributed by atoms with Crippen LogP contribution in [-0.2, 0) is 6.54 Å². The molecule has 0 saturated heterocycles. The molecule has 3 nitrogen and oxygen atoms in total. The highest BCUT2D eigenvalue weighted by Gasteiger charge is 2.15. The van der Waals surface area contributed by atoms with E-state index in [9.17, 15) is 0 Å². The predicted molar refractivity (Wildman–Crippen MR) is 64.0 cm³/mol. The molecule has 14 heavy (non-hydrogen) atoms. The molecule has 0 atom stereocenters. The molecule has 0 aromatic carbocycles. The van der Waals surface area contributed by atoms with Gasteiger partial charge in [0.15, 0.2) is 3.77 Å². The predicted octanol–water partition coefficient (Wildman–Crippen LogP) is 1.99. The van der Waals surface area contributed by atoms with E-state index in [1.54, 1.807) is 0 Å². The highest BCUT2D eigenvalue weighted by atomic mass is 127. The first-order chi connectivity index (χ1) is 6.53. The molecule has 0 fully saturated rings. The summed E-state index contributed by atoms with van der Waals surface area (Å²) in [5.41, 5.74) is -0.0697. The van der Waals surface area contributed by atoms with E-state index < -0.39 is 0 Å². The third-order valence-corrected chi connectivity index (χ3v) is 2.54. The van der Waals surface area contributed by atoms with Crippen molar-refractivity contribution in [1.29, 1.82) is 0 Å². The summed E-state index contributed by atoms with van der Waals surface area (Å²) in [6, 6.07) is 3.90. The number of aliphatic hydroxyl groups is 1. The Bertz CT molecular complexity index is 283. The lowest BCUT2D eigenvalue weighted by molar-refractivity contribution is 0.156. The average molecular weight is 309 g/mol. The molecule has 4 heteroatoms. The molecule has 0 spiro atoms. The molecular weight excluding hydrogens is 293 g/mol. The second-order valence-electron chi connectivity index (χ2n) is 4.13. The van der Waals surface area contributed by atoms with E-state index >= 15 is 0 Å². The van der Waals surface area contributed by atoms with Crippen LogP contribution < -0.4 is 5.32 Å². The van der Waals surface area contributed by atoms with Crippen LogP contribution in [-0.4, -0.2) is 18.3 Å². The van der Waals surface area contributed by atoms with E-state index in [1.165, 1.54) is 0 Å². The number of hydrogen-bond donors (Lipinski definition) is 2. The fourth-order valence-electron chi connectivity index (χ4n) is 1.03. The van der Waals surface area contributed by atoms with Crippen molar-refractivity contribution in [2.75, 3.05) is 13.2 Å². The van der Waals surface area contributed by atoms with Gasteiger partial charge in [0.2, 0.25) is 0 Å². The Hall–Kier alpha value is -0.0700. The maximum Gasteiger partial charge on any atom is 0.164 e. The van der Waals surface area contributed by atoms with Gasteiger partial charge in [0.05, 0.1) is 6.54 Å². The van der Waals surface area contributed by atoms with E-state index in [1.807, 2.05) is 26.0 Å². The second kappa shape index (κ2) is 5.14. The zero-order valence-electron chi connectivity index (χ0n) is 8.51. The molecule has 80 valence electrons. The molecular formula is C10H16INO2. The molecule has 0 aliphatic carbocycles. The summed E-state index contributed by atoms with van der Waals surface area (Å²) in [7, 11) is 0. The molecule has 1 aromatic heterocycles. The van der Waals surface area contributed by atoms with Gasteiger partial charge in [-0.15, -0.1) is 0 Å². The molecule has 1 rings (SSSR count). The number of halogens is 1. The Balaban J connectivity index is 2.28. The first kappa shape index (κ1) is 12.0. The largest absolute Gasteiger partial charge is 0.454 e. The van der Waals surface area contributed by atoms with Crippen molar-refractivity contribution in [2.24, 2.45) is 5.41 Å². The zero-order chi connectivity index (χ0) is 10.6. The van der Waals surface area contributed by atoms with E-state index in [4.69, 9.17) is 9.52 Å². The van der Waals surface area contributed by atoms with Crippen molar-refractivity contribution in [1.82, 2.24) is 5.32 Å². The van der Waals surface area contributed by atoms with E-state index in [0.29, 0.717) is 6.54 Å². The van der Waals surface area contributed by atoms with Crippen LogP contribution in [0, 0.1) is 9.18 Å². The number of hydrogen-bond acceptors (Lipinski definition) is 3. The Morgan fingerprint density at radius 3 is 2.71 bits per heavy atom. The molecule has 0 radical (unpaired) electrons. The first-order valence-corrected chi connectivity index (χ1v) is 5.67. The molecule has 0 bridgehead atoms. The van der Waals surface area contributed by atoms with Crippen LogP contribution in [0.25, 0.3) is 0 Å². The third kappa shape index (κ3) is 3.98. The highest BCUT2D eigenvalue weighted by Crippen LogP contribution is 2.13. The number of furan rings is 1. The smallest absolute Gasteiger partial charge is 0.164 e. The van der Waals surface area contributed by atoms with Crippen molar-refractivity contribution < 1.29 is 9.52 Å². The maximum atomic E-state index is 9.03. The standard InChI is InChI=1S/C10H16INO2/c1-10(2,7-13)6-12-5-8-3-4-9(11)14-8/h3-4,12-13H,5-7H2,1-2H3. The lowest BCUT2D eigenvalue weighted by atomic mass is 9.95. The van der Waals surface area contributed by atoms with Crippen LogP contribution in [0.1, 0.15) is 19.6 Å². The third-order valence-electron chi connectivity index (χ3n) is 1.96. The lowest BCUT2D eigenvalue weighted by Gasteiger charge is -2.21. The molecule has 1 heterocycles. The van der Waals surface area contributed by atoms with Gasteiger partial charge in [-0.05, 0) is 34.7 Å². The maximum absolute atomic E-state index is 9.03. The summed E-state index contributed by atoms with van der Waals surface area (Å²) in [6.07, 6.45) is 0. The fourth-order valence-corrected chi connectivity index (χ4v) is 1.49. The Morgan fingerprint density at radius 2 is 2.21 bits per heavy atom. The number of nitrogens with one attached hydrogen (secondary N) is 1. The first-order valence-electron chi connectivity index (χ1n) is 4.59. The van der Waals surface area contributed by atoms with Crippen LogP contribution in [0.5, 0.6) is 0 Å². The Labute approximate surface area is 98.0 Å². The zero-order valence-corrected chi connectivity index (χ0v) is 10.7.